The highest BCUT2D eigenvalue weighted by Crippen LogP contribution is 2.21. The van der Waals surface area contributed by atoms with Crippen LogP contribution in [-0.2, 0) is 4.79 Å². The number of benzene rings is 1. The Balaban J connectivity index is 3.05. The maximum atomic E-state index is 11.2. The number of likely N-dealkylation sites (N-methyl/N-ethyl adjacent to an activating group) is 1. The molecule has 0 aliphatic rings. The van der Waals surface area contributed by atoms with E-state index in [0.717, 1.165) is 10.0 Å². The standard InChI is InChI=1S/C10H13BrN2O/c1-13(2)9(10(12)14)7-4-3-5-8(11)6-7/h3-6,9H,1-2H3,(H2,12,14). The summed E-state index contributed by atoms with van der Waals surface area (Å²) in [6.07, 6.45) is 0. The Labute approximate surface area is 92.0 Å². The van der Waals surface area contributed by atoms with E-state index < -0.39 is 0 Å². The van der Waals surface area contributed by atoms with E-state index in [-0.39, 0.29) is 11.9 Å². The maximum Gasteiger partial charge on any atom is 0.239 e. The lowest BCUT2D eigenvalue weighted by atomic mass is 10.1. The molecule has 0 saturated heterocycles. The van der Waals surface area contributed by atoms with Crippen LogP contribution in [0.15, 0.2) is 28.7 Å². The second-order valence-electron chi connectivity index (χ2n) is 3.32. The average molecular weight is 257 g/mol. The summed E-state index contributed by atoms with van der Waals surface area (Å²) in [5.41, 5.74) is 6.22. The van der Waals surface area contributed by atoms with Crippen LogP contribution < -0.4 is 5.73 Å². The van der Waals surface area contributed by atoms with Crippen molar-refractivity contribution in [2.45, 2.75) is 6.04 Å². The molecular weight excluding hydrogens is 244 g/mol. The van der Waals surface area contributed by atoms with E-state index in [0.29, 0.717) is 0 Å². The molecule has 0 bridgehead atoms. The van der Waals surface area contributed by atoms with Gasteiger partial charge in [0, 0.05) is 4.47 Å². The minimum atomic E-state index is -0.368. The molecule has 3 nitrogen and oxygen atoms in total. The number of nitrogens with zero attached hydrogens (tertiary/aromatic N) is 1. The first kappa shape index (κ1) is 11.2. The van der Waals surface area contributed by atoms with Crippen molar-refractivity contribution >= 4 is 21.8 Å². The Bertz CT molecular complexity index is 339. The molecule has 0 saturated carbocycles. The van der Waals surface area contributed by atoms with Crippen LogP contribution in [0.25, 0.3) is 0 Å². The fourth-order valence-corrected chi connectivity index (χ4v) is 1.81. The van der Waals surface area contributed by atoms with Crippen molar-refractivity contribution in [3.8, 4) is 0 Å². The van der Waals surface area contributed by atoms with Crippen molar-refractivity contribution < 1.29 is 4.79 Å². The van der Waals surface area contributed by atoms with E-state index in [9.17, 15) is 4.79 Å². The highest BCUT2D eigenvalue weighted by molar-refractivity contribution is 9.10. The molecule has 1 aromatic carbocycles. The fourth-order valence-electron chi connectivity index (χ4n) is 1.39. The van der Waals surface area contributed by atoms with Crippen LogP contribution in [0.4, 0.5) is 0 Å². The molecule has 0 fully saturated rings. The van der Waals surface area contributed by atoms with Gasteiger partial charge in [-0.25, -0.2) is 0 Å². The van der Waals surface area contributed by atoms with Gasteiger partial charge in [0.05, 0.1) is 0 Å². The number of hydrogen-bond donors (Lipinski definition) is 1. The third-order valence-electron chi connectivity index (χ3n) is 1.95. The molecule has 0 aliphatic carbocycles. The molecule has 0 radical (unpaired) electrons. The molecule has 0 aromatic heterocycles. The lowest BCUT2D eigenvalue weighted by Gasteiger charge is -2.21. The maximum absolute atomic E-state index is 11.2. The third-order valence-corrected chi connectivity index (χ3v) is 2.44. The van der Waals surface area contributed by atoms with Crippen molar-refractivity contribution in [2.75, 3.05) is 14.1 Å². The molecule has 0 aliphatic heterocycles. The van der Waals surface area contributed by atoms with Crippen LogP contribution in [0.3, 0.4) is 0 Å². The molecule has 14 heavy (non-hydrogen) atoms. The Kier molecular flexibility index (Phi) is 3.66. The zero-order chi connectivity index (χ0) is 10.7. The molecule has 2 N–H and O–H groups in total. The number of amides is 1. The number of carbonyl (C=O) groups excluding carboxylic acids is 1. The summed E-state index contributed by atoms with van der Waals surface area (Å²) in [6, 6.07) is 7.22. The van der Waals surface area contributed by atoms with Crippen LogP contribution >= 0.6 is 15.9 Å². The normalized spacial score (nSPS) is 12.9. The minimum Gasteiger partial charge on any atom is -0.368 e. The molecule has 0 spiro atoms. The average Bonchev–Trinajstić information content (AvgIpc) is 2.02. The SMILES string of the molecule is CN(C)C(C(N)=O)c1cccc(Br)c1. The van der Waals surface area contributed by atoms with Crippen LogP contribution in [-0.4, -0.2) is 24.9 Å². The van der Waals surface area contributed by atoms with Gasteiger partial charge in [0.1, 0.15) is 6.04 Å². The largest absolute Gasteiger partial charge is 0.368 e. The van der Waals surface area contributed by atoms with Crippen molar-refractivity contribution in [2.24, 2.45) is 5.73 Å². The Morgan fingerprint density at radius 1 is 1.50 bits per heavy atom. The molecule has 4 heteroatoms. The van der Waals surface area contributed by atoms with E-state index >= 15 is 0 Å². The molecule has 1 aromatic rings. The summed E-state index contributed by atoms with van der Waals surface area (Å²) >= 11 is 3.36. The third kappa shape index (κ3) is 2.56. The summed E-state index contributed by atoms with van der Waals surface area (Å²) in [5, 5.41) is 0. The van der Waals surface area contributed by atoms with E-state index in [2.05, 4.69) is 15.9 Å². The number of hydrogen-bond acceptors (Lipinski definition) is 2. The lowest BCUT2D eigenvalue weighted by Crippen LogP contribution is -2.32. The van der Waals surface area contributed by atoms with E-state index in [1.807, 2.05) is 38.4 Å². The highest BCUT2D eigenvalue weighted by Gasteiger charge is 2.19. The molecule has 76 valence electrons. The van der Waals surface area contributed by atoms with E-state index in [1.54, 1.807) is 4.90 Å². The summed E-state index contributed by atoms with van der Waals surface area (Å²) in [4.78, 5) is 13.0. The minimum absolute atomic E-state index is 0.340. The summed E-state index contributed by atoms with van der Waals surface area (Å²) in [7, 11) is 3.66. The van der Waals surface area contributed by atoms with Gasteiger partial charge in [0.2, 0.25) is 5.91 Å². The number of rotatable bonds is 3. The van der Waals surface area contributed by atoms with Gasteiger partial charge in [-0.2, -0.15) is 0 Å². The number of nitrogens with two attached hydrogens (primary N) is 1. The fraction of sp³-hybridized carbons (Fsp3) is 0.300. The quantitative estimate of drug-likeness (QED) is 0.892. The second-order valence-corrected chi connectivity index (χ2v) is 4.24. The van der Waals surface area contributed by atoms with Crippen molar-refractivity contribution in [1.82, 2.24) is 4.90 Å². The number of carbonyl (C=O) groups is 1. The topological polar surface area (TPSA) is 46.3 Å². The van der Waals surface area contributed by atoms with Gasteiger partial charge < -0.3 is 5.73 Å². The molecular formula is C10H13BrN2O. The van der Waals surface area contributed by atoms with Crippen LogP contribution in [0.2, 0.25) is 0 Å². The smallest absolute Gasteiger partial charge is 0.239 e. The molecule has 1 atom stereocenters. The van der Waals surface area contributed by atoms with Gasteiger partial charge >= 0.3 is 0 Å². The van der Waals surface area contributed by atoms with Gasteiger partial charge in [0.15, 0.2) is 0 Å². The first-order valence-corrected chi connectivity index (χ1v) is 5.03. The van der Waals surface area contributed by atoms with E-state index in [1.165, 1.54) is 0 Å². The molecule has 1 unspecified atom stereocenters. The van der Waals surface area contributed by atoms with Crippen LogP contribution in [0.1, 0.15) is 11.6 Å². The molecule has 0 heterocycles. The Morgan fingerprint density at radius 3 is 2.57 bits per heavy atom. The predicted molar refractivity (Wildman–Crippen MR) is 59.8 cm³/mol. The second kappa shape index (κ2) is 4.57. The number of primary amides is 1. The Morgan fingerprint density at radius 2 is 2.14 bits per heavy atom. The van der Waals surface area contributed by atoms with Gasteiger partial charge in [-0.15, -0.1) is 0 Å². The summed E-state index contributed by atoms with van der Waals surface area (Å²) < 4.78 is 0.947. The van der Waals surface area contributed by atoms with Crippen molar-refractivity contribution in [3.05, 3.63) is 34.3 Å². The van der Waals surface area contributed by atoms with Crippen molar-refractivity contribution in [3.63, 3.8) is 0 Å². The zero-order valence-electron chi connectivity index (χ0n) is 8.20. The first-order chi connectivity index (χ1) is 6.52. The monoisotopic (exact) mass is 256 g/mol. The van der Waals surface area contributed by atoms with Crippen LogP contribution in [0, 0.1) is 0 Å². The molecule has 1 amide bonds. The number of halogens is 1. The van der Waals surface area contributed by atoms with Gasteiger partial charge in [0.25, 0.3) is 0 Å². The van der Waals surface area contributed by atoms with Gasteiger partial charge in [-0.3, -0.25) is 9.69 Å². The molecule has 1 rings (SSSR count). The Hall–Kier alpha value is -0.870. The first-order valence-electron chi connectivity index (χ1n) is 4.23. The summed E-state index contributed by atoms with van der Waals surface area (Å²) in [6.45, 7) is 0. The van der Waals surface area contributed by atoms with Gasteiger partial charge in [-0.05, 0) is 31.8 Å². The lowest BCUT2D eigenvalue weighted by molar-refractivity contribution is -0.122. The zero-order valence-corrected chi connectivity index (χ0v) is 9.78. The van der Waals surface area contributed by atoms with Crippen LogP contribution in [0.5, 0.6) is 0 Å². The highest BCUT2D eigenvalue weighted by atomic mass is 79.9. The predicted octanol–water partition coefficient (Wildman–Crippen LogP) is 1.54. The van der Waals surface area contributed by atoms with E-state index in [4.69, 9.17) is 5.73 Å². The summed E-state index contributed by atoms with van der Waals surface area (Å²) in [5.74, 6) is -0.340. The van der Waals surface area contributed by atoms with Crippen molar-refractivity contribution in [1.29, 1.82) is 0 Å². The van der Waals surface area contributed by atoms with Gasteiger partial charge in [-0.1, -0.05) is 28.1 Å².